The summed E-state index contributed by atoms with van der Waals surface area (Å²) in [5, 5.41) is 36.2. The molecule has 1 aliphatic heterocycles. The number of anilines is 1. The minimum atomic E-state index is -1.52. The molecular formula is C40H54N10O6. The molecule has 2 aliphatic rings. The molecule has 0 bridgehead atoms. The van der Waals surface area contributed by atoms with Crippen LogP contribution in [0.3, 0.4) is 0 Å². The zero-order valence-corrected chi connectivity index (χ0v) is 32.2. The maximum atomic E-state index is 13.6. The van der Waals surface area contributed by atoms with Gasteiger partial charge < -0.3 is 41.5 Å². The highest BCUT2D eigenvalue weighted by Gasteiger charge is 2.47. The summed E-state index contributed by atoms with van der Waals surface area (Å²) >= 11 is 0. The Morgan fingerprint density at radius 1 is 0.875 bits per heavy atom. The number of hydrogen-bond donors (Lipinski definition) is 7. The predicted molar refractivity (Wildman–Crippen MR) is 211 cm³/mol. The molecule has 56 heavy (non-hydrogen) atoms. The number of hydrogen-bond acceptors (Lipinski definition) is 11. The number of amides is 4. The van der Waals surface area contributed by atoms with Crippen LogP contribution in [-0.2, 0) is 9.53 Å². The van der Waals surface area contributed by atoms with E-state index in [-0.39, 0.29) is 47.8 Å². The Morgan fingerprint density at radius 3 is 2.16 bits per heavy atom. The van der Waals surface area contributed by atoms with E-state index in [9.17, 15) is 24.6 Å². The molecule has 7 N–H and O–H groups in total. The standard InChI is InChI=1S/C40H54N10O6/c1-4-41-37(53)33-31(51)32(52)39(56-33)50-24-46-30-34(45-23-29(26-13-7-5-8-14-26)27-15-9-6-10-16-27)47-35(48-36(30)50)38(54)42-19-20-43-40(55)44-21-22-49(25(2)3)28-17-11-12-18-28/h5-10,13-16,24-25,28-29,31-33,39,51-52H,4,11-12,17-23H2,1-3H3,(H,41,53)(H,42,54)(H2,43,44,55)(H,45,47,48). The molecule has 4 atom stereocenters. The van der Waals surface area contributed by atoms with Crippen molar-refractivity contribution in [2.75, 3.05) is 44.6 Å². The minimum absolute atomic E-state index is 0.0943. The first-order chi connectivity index (χ1) is 27.2. The van der Waals surface area contributed by atoms with E-state index in [0.29, 0.717) is 31.7 Å². The summed E-state index contributed by atoms with van der Waals surface area (Å²) in [5.41, 5.74) is 2.56. The number of nitrogens with one attached hydrogen (secondary N) is 5. The van der Waals surface area contributed by atoms with E-state index < -0.39 is 36.4 Å². The number of fused-ring (bicyclic) bond motifs is 1. The number of carbonyl (C=O) groups excluding carboxylic acids is 3. The first-order valence-corrected chi connectivity index (χ1v) is 19.6. The van der Waals surface area contributed by atoms with E-state index >= 15 is 0 Å². The highest BCUT2D eigenvalue weighted by atomic mass is 16.6. The van der Waals surface area contributed by atoms with Crippen LogP contribution in [0, 0.1) is 0 Å². The van der Waals surface area contributed by atoms with Gasteiger partial charge in [0.2, 0.25) is 5.82 Å². The van der Waals surface area contributed by atoms with Gasteiger partial charge in [0.25, 0.3) is 11.8 Å². The van der Waals surface area contributed by atoms with Crippen molar-refractivity contribution in [2.45, 2.75) is 89.0 Å². The zero-order valence-electron chi connectivity index (χ0n) is 32.2. The summed E-state index contributed by atoms with van der Waals surface area (Å²) in [7, 11) is 0. The van der Waals surface area contributed by atoms with Crippen LogP contribution in [-0.4, -0.2) is 122 Å². The molecule has 0 spiro atoms. The summed E-state index contributed by atoms with van der Waals surface area (Å²) in [4.78, 5) is 54.9. The summed E-state index contributed by atoms with van der Waals surface area (Å²) in [6, 6.07) is 20.6. The molecule has 4 unspecified atom stereocenters. The highest BCUT2D eigenvalue weighted by molar-refractivity contribution is 5.94. The molecule has 16 heteroatoms. The Hall–Kier alpha value is -5.16. The number of aliphatic hydroxyl groups excluding tert-OH is 2. The van der Waals surface area contributed by atoms with Gasteiger partial charge >= 0.3 is 6.03 Å². The van der Waals surface area contributed by atoms with Crippen LogP contribution in [0.1, 0.15) is 80.3 Å². The van der Waals surface area contributed by atoms with Gasteiger partial charge in [0, 0.05) is 57.3 Å². The monoisotopic (exact) mass is 770 g/mol. The van der Waals surface area contributed by atoms with Crippen LogP contribution < -0.4 is 26.6 Å². The maximum Gasteiger partial charge on any atom is 0.314 e. The average molecular weight is 771 g/mol. The van der Waals surface area contributed by atoms with E-state index in [2.05, 4.69) is 60.3 Å². The number of urea groups is 1. The number of likely N-dealkylation sites (N-methyl/N-ethyl adjacent to an activating group) is 1. The summed E-state index contributed by atoms with van der Waals surface area (Å²) in [6.07, 6.45) is 0.662. The number of rotatable bonds is 17. The van der Waals surface area contributed by atoms with Crippen molar-refractivity contribution in [2.24, 2.45) is 0 Å². The number of aromatic nitrogens is 4. The Balaban J connectivity index is 1.17. The fourth-order valence-electron chi connectivity index (χ4n) is 7.60. The minimum Gasteiger partial charge on any atom is -0.387 e. The summed E-state index contributed by atoms with van der Waals surface area (Å²) in [5.74, 6) is -1.21. The molecule has 2 fully saturated rings. The van der Waals surface area contributed by atoms with Crippen LogP contribution in [0.15, 0.2) is 67.0 Å². The molecule has 4 amide bonds. The second-order valence-electron chi connectivity index (χ2n) is 14.5. The van der Waals surface area contributed by atoms with Gasteiger partial charge in [-0.2, -0.15) is 0 Å². The SMILES string of the molecule is CCNC(=O)C1OC(n2cnc3c(NCC(c4ccccc4)c4ccccc4)nc(C(=O)NCCNC(=O)NCCN(C(C)C)C4CCCC4)nc32)C(O)C1O. The Labute approximate surface area is 326 Å². The van der Waals surface area contributed by atoms with E-state index in [1.54, 1.807) is 6.92 Å². The quantitative estimate of drug-likeness (QED) is 0.0777. The van der Waals surface area contributed by atoms with Crippen LogP contribution in [0.2, 0.25) is 0 Å². The molecular weight excluding hydrogens is 717 g/mol. The molecule has 4 aromatic rings. The summed E-state index contributed by atoms with van der Waals surface area (Å²) < 4.78 is 7.25. The molecule has 1 aliphatic carbocycles. The highest BCUT2D eigenvalue weighted by Crippen LogP contribution is 2.33. The first-order valence-electron chi connectivity index (χ1n) is 19.6. The first kappa shape index (κ1) is 40.5. The predicted octanol–water partition coefficient (Wildman–Crippen LogP) is 2.51. The third-order valence-corrected chi connectivity index (χ3v) is 10.4. The van der Waals surface area contributed by atoms with Crippen molar-refractivity contribution in [3.63, 3.8) is 0 Å². The molecule has 300 valence electrons. The van der Waals surface area contributed by atoms with Crippen molar-refractivity contribution in [1.82, 2.24) is 45.7 Å². The van der Waals surface area contributed by atoms with Crippen LogP contribution in [0.5, 0.6) is 0 Å². The fourth-order valence-corrected chi connectivity index (χ4v) is 7.60. The van der Waals surface area contributed by atoms with Gasteiger partial charge in [0.05, 0.1) is 6.33 Å². The zero-order chi connectivity index (χ0) is 39.6. The van der Waals surface area contributed by atoms with E-state index in [1.165, 1.54) is 36.6 Å². The average Bonchev–Trinajstić information content (AvgIpc) is 3.96. The Bertz CT molecular complexity index is 1870. The molecule has 2 aromatic carbocycles. The van der Waals surface area contributed by atoms with Gasteiger partial charge in [0.1, 0.15) is 12.2 Å². The molecule has 1 saturated heterocycles. The normalized spacial score (nSPS) is 19.9. The van der Waals surface area contributed by atoms with Crippen molar-refractivity contribution in [1.29, 1.82) is 0 Å². The number of carbonyl (C=O) groups is 3. The van der Waals surface area contributed by atoms with Crippen molar-refractivity contribution in [3.8, 4) is 0 Å². The lowest BCUT2D eigenvalue weighted by atomic mass is 9.91. The largest absolute Gasteiger partial charge is 0.387 e. The van der Waals surface area contributed by atoms with Crippen LogP contribution in [0.25, 0.3) is 11.2 Å². The van der Waals surface area contributed by atoms with Gasteiger partial charge in [0.15, 0.2) is 29.3 Å². The molecule has 2 aromatic heterocycles. The second-order valence-corrected chi connectivity index (χ2v) is 14.5. The summed E-state index contributed by atoms with van der Waals surface area (Å²) in [6.45, 7) is 8.34. The number of imidazole rings is 1. The van der Waals surface area contributed by atoms with Gasteiger partial charge in [-0.25, -0.2) is 19.7 Å². The van der Waals surface area contributed by atoms with E-state index in [1.807, 2.05) is 60.7 Å². The van der Waals surface area contributed by atoms with Crippen molar-refractivity contribution >= 4 is 34.8 Å². The van der Waals surface area contributed by atoms with E-state index in [4.69, 9.17) is 4.74 Å². The second kappa shape index (κ2) is 19.1. The van der Waals surface area contributed by atoms with Gasteiger partial charge in [-0.15, -0.1) is 0 Å². The molecule has 1 saturated carbocycles. The molecule has 6 rings (SSSR count). The van der Waals surface area contributed by atoms with Crippen molar-refractivity contribution < 1.29 is 29.3 Å². The third kappa shape index (κ3) is 9.61. The number of benzene rings is 2. The van der Waals surface area contributed by atoms with Gasteiger partial charge in [-0.1, -0.05) is 73.5 Å². The number of ether oxygens (including phenoxy) is 1. The lowest BCUT2D eigenvalue weighted by Gasteiger charge is -2.32. The lowest BCUT2D eigenvalue weighted by Crippen LogP contribution is -2.46. The van der Waals surface area contributed by atoms with Gasteiger partial charge in [-0.3, -0.25) is 19.1 Å². The lowest BCUT2D eigenvalue weighted by molar-refractivity contribution is -0.137. The smallest absolute Gasteiger partial charge is 0.314 e. The van der Waals surface area contributed by atoms with Gasteiger partial charge in [-0.05, 0) is 44.7 Å². The Kier molecular flexibility index (Phi) is 13.8. The van der Waals surface area contributed by atoms with Crippen LogP contribution in [0.4, 0.5) is 10.6 Å². The Morgan fingerprint density at radius 2 is 1.52 bits per heavy atom. The number of nitrogens with zero attached hydrogens (tertiary/aromatic N) is 5. The van der Waals surface area contributed by atoms with Crippen molar-refractivity contribution in [3.05, 3.63) is 83.9 Å². The van der Waals surface area contributed by atoms with Crippen LogP contribution >= 0.6 is 0 Å². The maximum absolute atomic E-state index is 13.6. The molecule has 3 heterocycles. The topological polar surface area (TPSA) is 208 Å². The molecule has 0 radical (unpaired) electrons. The number of aliphatic hydroxyl groups is 2. The third-order valence-electron chi connectivity index (χ3n) is 10.4. The van der Waals surface area contributed by atoms with E-state index in [0.717, 1.165) is 17.7 Å². The molecule has 16 nitrogen and oxygen atoms in total. The fraction of sp³-hybridized carbons (Fsp3) is 0.500.